The number of aromatic amines is 1. The van der Waals surface area contributed by atoms with E-state index in [0.717, 1.165) is 5.56 Å². The van der Waals surface area contributed by atoms with E-state index >= 15 is 0 Å². The summed E-state index contributed by atoms with van der Waals surface area (Å²) < 4.78 is 0. The lowest BCUT2D eigenvalue weighted by atomic mass is 10.0. The van der Waals surface area contributed by atoms with Crippen molar-refractivity contribution in [2.24, 2.45) is 0 Å². The lowest BCUT2D eigenvalue weighted by Gasteiger charge is -2.08. The molecule has 0 aliphatic rings. The van der Waals surface area contributed by atoms with Crippen molar-refractivity contribution in [3.63, 3.8) is 0 Å². The molecule has 0 spiro atoms. The summed E-state index contributed by atoms with van der Waals surface area (Å²) in [4.78, 5) is 13.5. The molecule has 0 unspecified atom stereocenters. The molecule has 0 atom stereocenters. The molecule has 0 bridgehead atoms. The minimum absolute atomic E-state index is 0.0891. The van der Waals surface area contributed by atoms with E-state index in [0.29, 0.717) is 10.9 Å². The summed E-state index contributed by atoms with van der Waals surface area (Å²) >= 11 is 0. The van der Waals surface area contributed by atoms with Crippen molar-refractivity contribution in [1.29, 1.82) is 0 Å². The van der Waals surface area contributed by atoms with E-state index in [4.69, 9.17) is 5.11 Å². The molecule has 0 aliphatic heterocycles. The van der Waals surface area contributed by atoms with Crippen LogP contribution in [0.4, 0.5) is 0 Å². The average Bonchev–Trinajstić information content (AvgIpc) is 2.62. The first kappa shape index (κ1) is 10.5. The van der Waals surface area contributed by atoms with Crippen molar-refractivity contribution in [1.82, 2.24) is 4.98 Å². The molecule has 2 rings (SSSR count). The standard InChI is InChI=1S/C12H13NO3/c1-6(2)7-3-4-9-8(11(7)14)5-10(13-9)12(15)16/h3-6,13-14H,1-2H3,(H,15,16). The molecule has 1 aromatic carbocycles. The maximum Gasteiger partial charge on any atom is 0.352 e. The third kappa shape index (κ3) is 1.52. The number of phenols is 1. The zero-order valence-electron chi connectivity index (χ0n) is 9.11. The fourth-order valence-electron chi connectivity index (χ4n) is 1.79. The van der Waals surface area contributed by atoms with Crippen molar-refractivity contribution >= 4 is 16.9 Å². The zero-order chi connectivity index (χ0) is 11.9. The Kier molecular flexibility index (Phi) is 2.34. The van der Waals surface area contributed by atoms with Crippen LogP contribution in [-0.2, 0) is 0 Å². The van der Waals surface area contributed by atoms with Crippen LogP contribution in [0, 0.1) is 0 Å². The number of fused-ring (bicyclic) bond motifs is 1. The molecule has 1 aromatic heterocycles. The summed E-state index contributed by atoms with van der Waals surface area (Å²) in [6.45, 7) is 3.96. The van der Waals surface area contributed by atoms with Gasteiger partial charge in [0.1, 0.15) is 11.4 Å². The quantitative estimate of drug-likeness (QED) is 0.727. The predicted octanol–water partition coefficient (Wildman–Crippen LogP) is 2.70. The van der Waals surface area contributed by atoms with Gasteiger partial charge in [0.25, 0.3) is 0 Å². The lowest BCUT2D eigenvalue weighted by molar-refractivity contribution is 0.0691. The highest BCUT2D eigenvalue weighted by Crippen LogP contribution is 2.33. The Bertz CT molecular complexity index is 555. The van der Waals surface area contributed by atoms with E-state index in [1.54, 1.807) is 6.07 Å². The Morgan fingerprint density at radius 3 is 2.62 bits per heavy atom. The Hall–Kier alpha value is -1.97. The minimum atomic E-state index is -1.03. The van der Waals surface area contributed by atoms with Crippen molar-refractivity contribution in [2.45, 2.75) is 19.8 Å². The first-order valence-electron chi connectivity index (χ1n) is 5.08. The molecule has 84 valence electrons. The summed E-state index contributed by atoms with van der Waals surface area (Å²) in [7, 11) is 0. The second kappa shape index (κ2) is 3.56. The number of aromatic carboxylic acids is 1. The van der Waals surface area contributed by atoms with Gasteiger partial charge in [0, 0.05) is 10.9 Å². The van der Waals surface area contributed by atoms with Gasteiger partial charge in [-0.3, -0.25) is 0 Å². The lowest BCUT2D eigenvalue weighted by Crippen LogP contribution is -1.94. The van der Waals surface area contributed by atoms with Crippen LogP contribution in [0.1, 0.15) is 35.8 Å². The Morgan fingerprint density at radius 2 is 2.06 bits per heavy atom. The first-order chi connectivity index (χ1) is 7.50. The largest absolute Gasteiger partial charge is 0.507 e. The molecule has 0 fully saturated rings. The highest BCUT2D eigenvalue weighted by Gasteiger charge is 2.14. The van der Waals surface area contributed by atoms with Crippen molar-refractivity contribution in [2.75, 3.05) is 0 Å². The number of nitrogens with one attached hydrogen (secondary N) is 1. The van der Waals surface area contributed by atoms with Gasteiger partial charge >= 0.3 is 5.97 Å². The molecule has 0 saturated carbocycles. The average molecular weight is 219 g/mol. The number of hydrogen-bond acceptors (Lipinski definition) is 2. The fourth-order valence-corrected chi connectivity index (χ4v) is 1.79. The Balaban J connectivity index is 2.69. The summed E-state index contributed by atoms with van der Waals surface area (Å²) in [5.41, 5.74) is 1.55. The number of aromatic nitrogens is 1. The second-order valence-corrected chi connectivity index (χ2v) is 4.11. The van der Waals surface area contributed by atoms with Crippen molar-refractivity contribution in [3.05, 3.63) is 29.5 Å². The number of H-pyrrole nitrogens is 1. The van der Waals surface area contributed by atoms with E-state index in [9.17, 15) is 9.90 Å². The summed E-state index contributed by atoms with van der Waals surface area (Å²) in [5.74, 6) is -0.662. The zero-order valence-corrected chi connectivity index (χ0v) is 9.11. The monoisotopic (exact) mass is 219 g/mol. The van der Waals surface area contributed by atoms with Crippen molar-refractivity contribution < 1.29 is 15.0 Å². The maximum absolute atomic E-state index is 10.8. The summed E-state index contributed by atoms with van der Waals surface area (Å²) in [6, 6.07) is 5.06. The molecule has 4 heteroatoms. The number of carboxylic acid groups (broad SMARTS) is 1. The molecule has 0 amide bonds. The minimum Gasteiger partial charge on any atom is -0.507 e. The first-order valence-corrected chi connectivity index (χ1v) is 5.08. The molecule has 1 heterocycles. The molecular formula is C12H13NO3. The number of carboxylic acids is 1. The van der Waals surface area contributed by atoms with E-state index in [1.165, 1.54) is 6.07 Å². The molecular weight excluding hydrogens is 206 g/mol. The number of hydrogen-bond donors (Lipinski definition) is 3. The number of carbonyl (C=O) groups is 1. The molecule has 2 aromatic rings. The van der Waals surface area contributed by atoms with Crippen LogP contribution in [0.5, 0.6) is 5.75 Å². The number of aromatic hydroxyl groups is 1. The molecule has 3 N–H and O–H groups in total. The normalized spacial score (nSPS) is 11.2. The topological polar surface area (TPSA) is 73.3 Å². The van der Waals surface area contributed by atoms with Gasteiger partial charge in [-0.05, 0) is 23.6 Å². The van der Waals surface area contributed by atoms with Gasteiger partial charge < -0.3 is 15.2 Å². The maximum atomic E-state index is 10.8. The summed E-state index contributed by atoms with van der Waals surface area (Å²) in [6.07, 6.45) is 0. The predicted molar refractivity (Wildman–Crippen MR) is 61.0 cm³/mol. The highest BCUT2D eigenvalue weighted by atomic mass is 16.4. The highest BCUT2D eigenvalue weighted by molar-refractivity contribution is 5.96. The van der Waals surface area contributed by atoms with E-state index in [-0.39, 0.29) is 17.4 Å². The molecule has 16 heavy (non-hydrogen) atoms. The Morgan fingerprint density at radius 1 is 1.38 bits per heavy atom. The van der Waals surface area contributed by atoms with Crippen LogP contribution in [0.15, 0.2) is 18.2 Å². The van der Waals surface area contributed by atoms with Crippen LogP contribution >= 0.6 is 0 Å². The second-order valence-electron chi connectivity index (χ2n) is 4.11. The van der Waals surface area contributed by atoms with Gasteiger partial charge in [-0.1, -0.05) is 19.9 Å². The SMILES string of the molecule is CC(C)c1ccc2[nH]c(C(=O)O)cc2c1O. The van der Waals surface area contributed by atoms with Gasteiger partial charge in [-0.25, -0.2) is 4.79 Å². The van der Waals surface area contributed by atoms with Crippen molar-refractivity contribution in [3.8, 4) is 5.75 Å². The molecule has 0 radical (unpaired) electrons. The van der Waals surface area contributed by atoms with Gasteiger partial charge in [-0.15, -0.1) is 0 Å². The summed E-state index contributed by atoms with van der Waals surface area (Å²) in [5, 5.41) is 19.4. The van der Waals surface area contributed by atoms with Crippen LogP contribution in [0.2, 0.25) is 0 Å². The number of benzene rings is 1. The van der Waals surface area contributed by atoms with Gasteiger partial charge in [-0.2, -0.15) is 0 Å². The Labute approximate surface area is 92.5 Å². The molecule has 4 nitrogen and oxygen atoms in total. The fraction of sp³-hybridized carbons (Fsp3) is 0.250. The van der Waals surface area contributed by atoms with Crippen LogP contribution < -0.4 is 0 Å². The molecule has 0 aliphatic carbocycles. The number of rotatable bonds is 2. The van der Waals surface area contributed by atoms with Crippen LogP contribution in [0.25, 0.3) is 10.9 Å². The van der Waals surface area contributed by atoms with E-state index < -0.39 is 5.97 Å². The number of phenolic OH excluding ortho intramolecular Hbond substituents is 1. The van der Waals surface area contributed by atoms with Gasteiger partial charge in [0.2, 0.25) is 0 Å². The van der Waals surface area contributed by atoms with Crippen LogP contribution in [0.3, 0.4) is 0 Å². The van der Waals surface area contributed by atoms with Gasteiger partial charge in [0.15, 0.2) is 0 Å². The third-order valence-electron chi connectivity index (χ3n) is 2.66. The van der Waals surface area contributed by atoms with E-state index in [1.807, 2.05) is 19.9 Å². The van der Waals surface area contributed by atoms with Crippen LogP contribution in [-0.4, -0.2) is 21.2 Å². The van der Waals surface area contributed by atoms with E-state index in [2.05, 4.69) is 4.98 Å². The molecule has 0 saturated heterocycles. The van der Waals surface area contributed by atoms with Gasteiger partial charge in [0.05, 0.1) is 0 Å². The smallest absolute Gasteiger partial charge is 0.352 e. The third-order valence-corrected chi connectivity index (χ3v) is 2.66.